The Labute approximate surface area is 116 Å². The lowest BCUT2D eigenvalue weighted by molar-refractivity contribution is -0.113. The molecule has 1 unspecified atom stereocenters. The van der Waals surface area contributed by atoms with Gasteiger partial charge in [-0.05, 0) is 36.2 Å². The Morgan fingerprint density at radius 2 is 1.89 bits per heavy atom. The molecule has 0 saturated carbocycles. The summed E-state index contributed by atoms with van der Waals surface area (Å²) in [6, 6.07) is 4.06. The first-order valence-corrected chi connectivity index (χ1v) is 6.13. The van der Waals surface area contributed by atoms with Gasteiger partial charge in [-0.3, -0.25) is 9.59 Å². The van der Waals surface area contributed by atoms with Crippen LogP contribution in [0, 0.1) is 0 Å². The Morgan fingerprint density at radius 1 is 1.26 bits per heavy atom. The van der Waals surface area contributed by atoms with Gasteiger partial charge in [0.2, 0.25) is 5.24 Å². The van der Waals surface area contributed by atoms with Crippen LogP contribution in [-0.2, 0) is 4.79 Å². The number of hydrogen-bond donors (Lipinski definition) is 1. The molecule has 1 rings (SSSR count). The highest BCUT2D eigenvalue weighted by Gasteiger charge is 2.18. The molecule has 0 aliphatic carbocycles. The van der Waals surface area contributed by atoms with Crippen LogP contribution in [0.3, 0.4) is 0 Å². The van der Waals surface area contributed by atoms with Gasteiger partial charge in [0.1, 0.15) is 6.04 Å². The first-order valence-electron chi connectivity index (χ1n) is 5.75. The smallest absolute Gasteiger partial charge is 0.252 e. The van der Waals surface area contributed by atoms with E-state index in [1.165, 1.54) is 14.2 Å². The molecule has 1 aromatic carbocycles. The first-order chi connectivity index (χ1) is 9.03. The second-order valence-corrected chi connectivity index (χ2v) is 4.18. The van der Waals surface area contributed by atoms with Gasteiger partial charge in [-0.1, -0.05) is 6.92 Å². The van der Waals surface area contributed by atoms with Crippen molar-refractivity contribution in [3.05, 3.63) is 23.8 Å². The lowest BCUT2D eigenvalue weighted by atomic mass is 10.1. The molecule has 0 aromatic heterocycles. The Balaban J connectivity index is 2.91. The molecule has 1 aromatic rings. The van der Waals surface area contributed by atoms with Gasteiger partial charge in [0.25, 0.3) is 5.91 Å². The van der Waals surface area contributed by atoms with Crippen LogP contribution in [0.5, 0.6) is 11.5 Å². The number of ether oxygens (including phenoxy) is 2. The van der Waals surface area contributed by atoms with Crippen LogP contribution in [0.15, 0.2) is 18.2 Å². The normalized spacial score (nSPS) is 11.6. The average Bonchev–Trinajstić information content (AvgIpc) is 2.43. The number of halogens is 1. The van der Waals surface area contributed by atoms with E-state index in [0.29, 0.717) is 23.5 Å². The van der Waals surface area contributed by atoms with Crippen LogP contribution in [0.1, 0.15) is 23.7 Å². The van der Waals surface area contributed by atoms with Gasteiger partial charge in [0.05, 0.1) is 14.2 Å². The standard InChI is InChI=1S/C13H16ClNO4/c1-4-9(12(14)16)15-13(17)8-5-6-10(18-2)11(7-8)19-3/h5-7,9H,4H2,1-3H3,(H,15,17). The molecule has 0 bridgehead atoms. The monoisotopic (exact) mass is 285 g/mol. The Morgan fingerprint density at radius 3 is 2.37 bits per heavy atom. The molecule has 104 valence electrons. The third-order valence-electron chi connectivity index (χ3n) is 2.63. The van der Waals surface area contributed by atoms with Gasteiger partial charge in [-0.25, -0.2) is 0 Å². The second kappa shape index (κ2) is 6.99. The van der Waals surface area contributed by atoms with Crippen molar-refractivity contribution in [3.63, 3.8) is 0 Å². The molecular formula is C13H16ClNO4. The van der Waals surface area contributed by atoms with Crippen LogP contribution < -0.4 is 14.8 Å². The highest BCUT2D eigenvalue weighted by molar-refractivity contribution is 6.64. The zero-order chi connectivity index (χ0) is 14.4. The van der Waals surface area contributed by atoms with Crippen molar-refractivity contribution in [3.8, 4) is 11.5 Å². The maximum absolute atomic E-state index is 12.0. The van der Waals surface area contributed by atoms with Gasteiger partial charge in [0, 0.05) is 5.56 Å². The molecule has 0 radical (unpaired) electrons. The summed E-state index contributed by atoms with van der Waals surface area (Å²) in [6.45, 7) is 1.76. The number of methoxy groups -OCH3 is 2. The Kier molecular flexibility index (Phi) is 5.63. The molecule has 0 aliphatic rings. The molecule has 6 heteroatoms. The summed E-state index contributed by atoms with van der Waals surface area (Å²) in [4.78, 5) is 23.0. The quantitative estimate of drug-likeness (QED) is 0.812. The van der Waals surface area contributed by atoms with Crippen molar-refractivity contribution in [1.29, 1.82) is 0 Å². The maximum atomic E-state index is 12.0. The van der Waals surface area contributed by atoms with Crippen molar-refractivity contribution in [2.45, 2.75) is 19.4 Å². The maximum Gasteiger partial charge on any atom is 0.252 e. The molecule has 0 heterocycles. The van der Waals surface area contributed by atoms with E-state index in [2.05, 4.69) is 5.32 Å². The molecule has 1 N–H and O–H groups in total. The molecule has 19 heavy (non-hydrogen) atoms. The molecule has 1 atom stereocenters. The van der Waals surface area contributed by atoms with E-state index in [-0.39, 0.29) is 5.91 Å². The minimum absolute atomic E-state index is 0.369. The van der Waals surface area contributed by atoms with E-state index in [0.717, 1.165) is 0 Å². The lowest BCUT2D eigenvalue weighted by Gasteiger charge is -2.13. The molecule has 1 amide bonds. The van der Waals surface area contributed by atoms with Crippen LogP contribution in [0.4, 0.5) is 0 Å². The molecule has 0 saturated heterocycles. The van der Waals surface area contributed by atoms with Crippen LogP contribution in [0.25, 0.3) is 0 Å². The number of carbonyl (C=O) groups is 2. The van der Waals surface area contributed by atoms with Crippen LogP contribution in [0.2, 0.25) is 0 Å². The highest BCUT2D eigenvalue weighted by Crippen LogP contribution is 2.27. The topological polar surface area (TPSA) is 64.6 Å². The predicted molar refractivity (Wildman–Crippen MR) is 72.0 cm³/mol. The largest absolute Gasteiger partial charge is 0.493 e. The van der Waals surface area contributed by atoms with Crippen LogP contribution in [-0.4, -0.2) is 31.4 Å². The molecule has 0 spiro atoms. The molecule has 0 aliphatic heterocycles. The van der Waals surface area contributed by atoms with Crippen molar-refractivity contribution in [1.82, 2.24) is 5.32 Å². The van der Waals surface area contributed by atoms with E-state index in [9.17, 15) is 9.59 Å². The zero-order valence-corrected chi connectivity index (χ0v) is 11.8. The van der Waals surface area contributed by atoms with E-state index in [1.807, 2.05) is 0 Å². The molecular weight excluding hydrogens is 270 g/mol. The van der Waals surface area contributed by atoms with E-state index >= 15 is 0 Å². The predicted octanol–water partition coefficient (Wildman–Crippen LogP) is 1.98. The lowest BCUT2D eigenvalue weighted by Crippen LogP contribution is -2.38. The van der Waals surface area contributed by atoms with Crippen molar-refractivity contribution in [2.24, 2.45) is 0 Å². The number of hydrogen-bond acceptors (Lipinski definition) is 4. The van der Waals surface area contributed by atoms with Gasteiger partial charge in [-0.15, -0.1) is 0 Å². The van der Waals surface area contributed by atoms with E-state index < -0.39 is 11.3 Å². The molecule has 5 nitrogen and oxygen atoms in total. The van der Waals surface area contributed by atoms with Gasteiger partial charge < -0.3 is 14.8 Å². The average molecular weight is 286 g/mol. The minimum Gasteiger partial charge on any atom is -0.493 e. The number of rotatable bonds is 6. The summed E-state index contributed by atoms with van der Waals surface area (Å²) < 4.78 is 10.2. The number of nitrogens with one attached hydrogen (secondary N) is 1. The van der Waals surface area contributed by atoms with Gasteiger partial charge >= 0.3 is 0 Å². The highest BCUT2D eigenvalue weighted by atomic mass is 35.5. The van der Waals surface area contributed by atoms with Crippen molar-refractivity contribution < 1.29 is 19.1 Å². The fourth-order valence-electron chi connectivity index (χ4n) is 1.54. The summed E-state index contributed by atoms with van der Waals surface area (Å²) in [5.74, 6) is 0.585. The minimum atomic E-state index is -0.692. The molecule has 0 fully saturated rings. The van der Waals surface area contributed by atoms with E-state index in [4.69, 9.17) is 21.1 Å². The van der Waals surface area contributed by atoms with Gasteiger partial charge in [-0.2, -0.15) is 0 Å². The number of benzene rings is 1. The zero-order valence-electron chi connectivity index (χ0n) is 11.0. The van der Waals surface area contributed by atoms with Crippen molar-refractivity contribution >= 4 is 22.8 Å². The Bertz CT molecular complexity index is 476. The second-order valence-electron chi connectivity index (χ2n) is 3.81. The van der Waals surface area contributed by atoms with E-state index in [1.54, 1.807) is 25.1 Å². The fraction of sp³-hybridized carbons (Fsp3) is 0.385. The third kappa shape index (κ3) is 3.86. The van der Waals surface area contributed by atoms with Crippen molar-refractivity contribution in [2.75, 3.05) is 14.2 Å². The summed E-state index contributed by atoms with van der Waals surface area (Å²) in [5.41, 5.74) is 0.369. The SMILES string of the molecule is CCC(NC(=O)c1ccc(OC)c(OC)c1)C(=O)Cl. The Hall–Kier alpha value is -1.75. The summed E-state index contributed by atoms with van der Waals surface area (Å²) in [6.07, 6.45) is 0.432. The summed E-state index contributed by atoms with van der Waals surface area (Å²) in [5, 5.41) is 1.97. The third-order valence-corrected chi connectivity index (χ3v) is 2.90. The first kappa shape index (κ1) is 15.3. The summed E-state index contributed by atoms with van der Waals surface area (Å²) in [7, 11) is 2.99. The number of amides is 1. The fourth-order valence-corrected chi connectivity index (χ4v) is 1.75. The summed E-state index contributed by atoms with van der Waals surface area (Å²) >= 11 is 5.38. The number of carbonyl (C=O) groups excluding carboxylic acids is 2. The van der Waals surface area contributed by atoms with Crippen LogP contribution >= 0.6 is 11.6 Å². The van der Waals surface area contributed by atoms with Gasteiger partial charge in [0.15, 0.2) is 11.5 Å².